The zero-order valence-corrected chi connectivity index (χ0v) is 15.3. The maximum Gasteiger partial charge on any atom is 0.178 e. The molecule has 2 aromatic rings. The molecule has 0 saturated heterocycles. The van der Waals surface area contributed by atoms with Crippen LogP contribution in [-0.2, 0) is 5.79 Å². The Morgan fingerprint density at radius 2 is 1.29 bits per heavy atom. The van der Waals surface area contributed by atoms with Gasteiger partial charge in [-0.05, 0) is 13.5 Å². The van der Waals surface area contributed by atoms with Crippen LogP contribution >= 0.6 is 0 Å². The van der Waals surface area contributed by atoms with E-state index in [-0.39, 0.29) is 5.79 Å². The molecule has 5 heteroatoms. The van der Waals surface area contributed by atoms with Crippen molar-refractivity contribution in [1.82, 2.24) is 24.4 Å². The van der Waals surface area contributed by atoms with Gasteiger partial charge >= 0.3 is 0 Å². The van der Waals surface area contributed by atoms with Gasteiger partial charge < -0.3 is 9.13 Å². The third kappa shape index (κ3) is 4.94. The van der Waals surface area contributed by atoms with Crippen molar-refractivity contribution in [3.05, 3.63) is 37.4 Å². The number of nitrogens with one attached hydrogen (secondary N) is 1. The first-order valence-electron chi connectivity index (χ1n) is 9.49. The second-order valence-corrected chi connectivity index (χ2v) is 6.58. The Morgan fingerprint density at radius 1 is 0.792 bits per heavy atom. The summed E-state index contributed by atoms with van der Waals surface area (Å²) in [6.07, 6.45) is 24.6. The van der Waals surface area contributed by atoms with E-state index in [0.29, 0.717) is 0 Å². The van der Waals surface area contributed by atoms with Gasteiger partial charge in [0.25, 0.3) is 0 Å². The van der Waals surface area contributed by atoms with Crippen LogP contribution in [0.5, 0.6) is 0 Å². The van der Waals surface area contributed by atoms with E-state index in [0.717, 1.165) is 6.42 Å². The standard InChI is InChI=1S/C19H33N5/c1-3-4-5-6-7-8-9-10-11-12-19(20-2,23-15-13-21-17-23)24-16-14-22-18-24/h13-18,20H,3-12H2,1-2H3. The maximum absolute atomic E-state index is 4.23. The minimum absolute atomic E-state index is 0.311. The lowest BCUT2D eigenvalue weighted by Gasteiger charge is -2.36. The summed E-state index contributed by atoms with van der Waals surface area (Å²) in [6.45, 7) is 2.27. The minimum Gasteiger partial charge on any atom is -0.301 e. The van der Waals surface area contributed by atoms with Gasteiger partial charge in [0.2, 0.25) is 0 Å². The van der Waals surface area contributed by atoms with Gasteiger partial charge in [-0.15, -0.1) is 0 Å². The van der Waals surface area contributed by atoms with Gasteiger partial charge in [0.05, 0.1) is 12.7 Å². The Balaban J connectivity index is 1.80. The molecule has 24 heavy (non-hydrogen) atoms. The van der Waals surface area contributed by atoms with E-state index in [9.17, 15) is 0 Å². The van der Waals surface area contributed by atoms with Crippen molar-refractivity contribution in [2.24, 2.45) is 0 Å². The average molecular weight is 332 g/mol. The van der Waals surface area contributed by atoms with Crippen LogP contribution in [0.25, 0.3) is 0 Å². The highest BCUT2D eigenvalue weighted by atomic mass is 15.4. The van der Waals surface area contributed by atoms with Gasteiger partial charge in [-0.3, -0.25) is 5.32 Å². The molecule has 0 unspecified atom stereocenters. The molecule has 0 bridgehead atoms. The second kappa shape index (κ2) is 10.3. The van der Waals surface area contributed by atoms with Crippen LogP contribution in [0.2, 0.25) is 0 Å². The van der Waals surface area contributed by atoms with Gasteiger partial charge in [0.1, 0.15) is 0 Å². The van der Waals surface area contributed by atoms with E-state index in [1.807, 2.05) is 44.5 Å². The summed E-state index contributed by atoms with van der Waals surface area (Å²) in [5.74, 6) is -0.311. The monoisotopic (exact) mass is 331 g/mol. The highest BCUT2D eigenvalue weighted by Gasteiger charge is 2.30. The van der Waals surface area contributed by atoms with Crippen LogP contribution in [0.3, 0.4) is 0 Å². The van der Waals surface area contributed by atoms with E-state index in [4.69, 9.17) is 0 Å². The van der Waals surface area contributed by atoms with Crippen molar-refractivity contribution in [3.8, 4) is 0 Å². The Bertz CT molecular complexity index is 484. The number of hydrogen-bond acceptors (Lipinski definition) is 3. The molecule has 0 aliphatic carbocycles. The smallest absolute Gasteiger partial charge is 0.178 e. The molecule has 0 fully saturated rings. The molecule has 0 aliphatic heterocycles. The second-order valence-electron chi connectivity index (χ2n) is 6.58. The Hall–Kier alpha value is -1.62. The largest absolute Gasteiger partial charge is 0.301 e. The molecule has 0 saturated carbocycles. The molecule has 2 rings (SSSR count). The van der Waals surface area contributed by atoms with Crippen molar-refractivity contribution >= 4 is 0 Å². The number of rotatable bonds is 13. The van der Waals surface area contributed by atoms with Crippen LogP contribution in [0.1, 0.15) is 71.1 Å². The fourth-order valence-corrected chi connectivity index (χ4v) is 3.41. The summed E-state index contributed by atoms with van der Waals surface area (Å²) in [5.41, 5.74) is 0. The molecule has 2 aromatic heterocycles. The number of imidazole rings is 2. The van der Waals surface area contributed by atoms with Crippen LogP contribution < -0.4 is 5.32 Å². The van der Waals surface area contributed by atoms with Crippen molar-refractivity contribution in [1.29, 1.82) is 0 Å². The molecule has 5 nitrogen and oxygen atoms in total. The van der Waals surface area contributed by atoms with Crippen LogP contribution in [0.15, 0.2) is 37.4 Å². The number of hydrogen-bond donors (Lipinski definition) is 1. The lowest BCUT2D eigenvalue weighted by atomic mass is 10.0. The molecular weight excluding hydrogens is 298 g/mol. The van der Waals surface area contributed by atoms with Crippen LogP contribution in [0.4, 0.5) is 0 Å². The lowest BCUT2D eigenvalue weighted by molar-refractivity contribution is 0.157. The summed E-state index contributed by atoms with van der Waals surface area (Å²) in [6, 6.07) is 0. The Kier molecular flexibility index (Phi) is 8.02. The quantitative estimate of drug-likeness (QED) is 0.554. The van der Waals surface area contributed by atoms with Gasteiger partial charge in [-0.2, -0.15) is 0 Å². The molecule has 0 spiro atoms. The number of aromatic nitrogens is 4. The summed E-state index contributed by atoms with van der Waals surface area (Å²) < 4.78 is 4.28. The molecular formula is C19H33N5. The van der Waals surface area contributed by atoms with Gasteiger partial charge in [0, 0.05) is 31.2 Å². The third-order valence-electron chi connectivity index (χ3n) is 4.89. The first-order chi connectivity index (χ1) is 11.8. The summed E-state index contributed by atoms with van der Waals surface area (Å²) in [4.78, 5) is 8.46. The van der Waals surface area contributed by atoms with Gasteiger partial charge in [0.15, 0.2) is 5.79 Å². The molecule has 0 amide bonds. The van der Waals surface area contributed by atoms with Crippen molar-refractivity contribution in [3.63, 3.8) is 0 Å². The zero-order chi connectivity index (χ0) is 17.1. The van der Waals surface area contributed by atoms with E-state index in [1.165, 1.54) is 57.8 Å². The topological polar surface area (TPSA) is 47.7 Å². The molecule has 134 valence electrons. The molecule has 0 aromatic carbocycles. The maximum atomic E-state index is 4.23. The molecule has 1 N–H and O–H groups in total. The fraction of sp³-hybridized carbons (Fsp3) is 0.684. The highest BCUT2D eigenvalue weighted by Crippen LogP contribution is 2.23. The summed E-state index contributed by atoms with van der Waals surface area (Å²) >= 11 is 0. The third-order valence-corrected chi connectivity index (χ3v) is 4.89. The minimum atomic E-state index is -0.311. The first-order valence-corrected chi connectivity index (χ1v) is 9.49. The van der Waals surface area contributed by atoms with E-state index in [2.05, 4.69) is 31.3 Å². The van der Waals surface area contributed by atoms with Crippen molar-refractivity contribution in [2.75, 3.05) is 7.05 Å². The highest BCUT2D eigenvalue weighted by molar-refractivity contribution is 4.94. The van der Waals surface area contributed by atoms with Gasteiger partial charge in [-0.25, -0.2) is 9.97 Å². The lowest BCUT2D eigenvalue weighted by Crippen LogP contribution is -2.50. The number of unbranched alkanes of at least 4 members (excludes halogenated alkanes) is 8. The van der Waals surface area contributed by atoms with E-state index in [1.54, 1.807) is 0 Å². The van der Waals surface area contributed by atoms with Crippen LogP contribution in [0, 0.1) is 0 Å². The summed E-state index contributed by atoms with van der Waals surface area (Å²) in [7, 11) is 2.01. The molecule has 0 radical (unpaired) electrons. The Labute approximate surface area is 146 Å². The van der Waals surface area contributed by atoms with Crippen molar-refractivity contribution < 1.29 is 0 Å². The zero-order valence-electron chi connectivity index (χ0n) is 15.3. The Morgan fingerprint density at radius 3 is 1.71 bits per heavy atom. The fourth-order valence-electron chi connectivity index (χ4n) is 3.41. The number of nitrogens with zero attached hydrogens (tertiary/aromatic N) is 4. The molecule has 2 heterocycles. The SMILES string of the molecule is CCCCCCCCCCCC(NC)(n1ccnc1)n1ccnc1. The van der Waals surface area contributed by atoms with Crippen molar-refractivity contribution in [2.45, 2.75) is 76.9 Å². The van der Waals surface area contributed by atoms with E-state index >= 15 is 0 Å². The molecule has 0 atom stereocenters. The normalized spacial score (nSPS) is 11.9. The predicted octanol–water partition coefficient (Wildman–Crippen LogP) is 4.38. The average Bonchev–Trinajstić information content (AvgIpc) is 3.31. The predicted molar refractivity (Wildman–Crippen MR) is 98.7 cm³/mol. The van der Waals surface area contributed by atoms with E-state index < -0.39 is 0 Å². The molecule has 0 aliphatic rings. The van der Waals surface area contributed by atoms with Crippen LogP contribution in [-0.4, -0.2) is 26.1 Å². The summed E-state index contributed by atoms with van der Waals surface area (Å²) in [5, 5.41) is 3.49. The van der Waals surface area contributed by atoms with Gasteiger partial charge in [-0.1, -0.05) is 58.3 Å². The first kappa shape index (κ1) is 18.7.